The monoisotopic (exact) mass is 361 g/mol. The van der Waals surface area contributed by atoms with Gasteiger partial charge in [-0.05, 0) is 48.1 Å². The number of fused-ring (bicyclic) bond motifs is 1. The molecule has 0 bridgehead atoms. The van der Waals surface area contributed by atoms with Crippen LogP contribution in [0.2, 0.25) is 0 Å². The molecule has 5 heteroatoms. The molecule has 4 rings (SSSR count). The first-order chi connectivity index (χ1) is 12.7. The van der Waals surface area contributed by atoms with Gasteiger partial charge in [-0.15, -0.1) is 11.3 Å². The summed E-state index contributed by atoms with van der Waals surface area (Å²) in [7, 11) is 0. The number of amides is 1. The number of nitrogens with zero attached hydrogens (tertiary/aromatic N) is 2. The van der Waals surface area contributed by atoms with E-state index in [0.717, 1.165) is 28.7 Å². The molecule has 0 unspecified atom stereocenters. The number of benzene rings is 1. The first-order valence-electron chi connectivity index (χ1n) is 8.55. The van der Waals surface area contributed by atoms with Crippen LogP contribution < -0.4 is 5.32 Å². The van der Waals surface area contributed by atoms with Gasteiger partial charge in [0.15, 0.2) is 0 Å². The number of hydrogen-bond donors (Lipinski definition) is 1. The maximum absolute atomic E-state index is 12.8. The van der Waals surface area contributed by atoms with E-state index in [1.165, 1.54) is 5.56 Å². The number of carbonyl (C=O) groups is 1. The molecule has 0 atom stereocenters. The number of aromatic nitrogens is 2. The maximum Gasteiger partial charge on any atom is 0.273 e. The zero-order chi connectivity index (χ0) is 17.9. The average molecular weight is 361 g/mol. The van der Waals surface area contributed by atoms with E-state index in [4.69, 9.17) is 0 Å². The molecule has 3 aromatic heterocycles. The molecule has 4 aromatic rings. The molecule has 0 radical (unpaired) electrons. The van der Waals surface area contributed by atoms with Gasteiger partial charge >= 0.3 is 0 Å². The van der Waals surface area contributed by atoms with Crippen LogP contribution in [0.1, 0.15) is 21.6 Å². The Bertz CT molecular complexity index is 1030. The number of anilines is 1. The number of rotatable bonds is 5. The van der Waals surface area contributed by atoms with Crippen molar-refractivity contribution in [3.63, 3.8) is 0 Å². The van der Waals surface area contributed by atoms with Crippen LogP contribution in [0.25, 0.3) is 10.2 Å². The first-order valence-corrected chi connectivity index (χ1v) is 9.43. The Hall–Kier alpha value is -2.92. The van der Waals surface area contributed by atoms with Crippen LogP contribution in [0.4, 0.5) is 5.82 Å². The molecule has 1 N–H and O–H groups in total. The SMILES string of the molecule is Cc1ccc(NC(=O)c2cc3sccc3n2CCc2ccccc2)nc1. The van der Waals surface area contributed by atoms with E-state index in [1.54, 1.807) is 17.5 Å². The van der Waals surface area contributed by atoms with Gasteiger partial charge in [-0.2, -0.15) is 0 Å². The molecule has 1 aromatic carbocycles. The molecule has 0 aliphatic rings. The lowest BCUT2D eigenvalue weighted by atomic mass is 10.1. The third kappa shape index (κ3) is 3.39. The number of aryl methyl sites for hydroxylation is 3. The summed E-state index contributed by atoms with van der Waals surface area (Å²) in [5, 5.41) is 4.97. The summed E-state index contributed by atoms with van der Waals surface area (Å²) in [6.07, 6.45) is 2.63. The number of pyridine rings is 1. The summed E-state index contributed by atoms with van der Waals surface area (Å²) >= 11 is 1.65. The molecular weight excluding hydrogens is 342 g/mol. The first kappa shape index (κ1) is 16.5. The van der Waals surface area contributed by atoms with Crippen LogP contribution in [0, 0.1) is 6.92 Å². The summed E-state index contributed by atoms with van der Waals surface area (Å²) in [5.74, 6) is 0.442. The topological polar surface area (TPSA) is 46.9 Å². The average Bonchev–Trinajstić information content (AvgIpc) is 3.24. The van der Waals surface area contributed by atoms with E-state index >= 15 is 0 Å². The van der Waals surface area contributed by atoms with Gasteiger partial charge in [0.05, 0.1) is 10.2 Å². The highest BCUT2D eigenvalue weighted by Crippen LogP contribution is 2.26. The van der Waals surface area contributed by atoms with Crippen LogP contribution in [0.15, 0.2) is 66.2 Å². The fourth-order valence-corrected chi connectivity index (χ4v) is 3.84. The third-order valence-corrected chi connectivity index (χ3v) is 5.23. The summed E-state index contributed by atoms with van der Waals surface area (Å²) < 4.78 is 3.22. The van der Waals surface area contributed by atoms with Gasteiger partial charge in [0, 0.05) is 12.7 Å². The van der Waals surface area contributed by atoms with E-state index in [2.05, 4.69) is 38.4 Å². The number of hydrogen-bond acceptors (Lipinski definition) is 3. The predicted molar refractivity (Wildman–Crippen MR) is 107 cm³/mol. The van der Waals surface area contributed by atoms with Gasteiger partial charge in [-0.1, -0.05) is 36.4 Å². The Balaban J connectivity index is 1.60. The Morgan fingerprint density at radius 3 is 2.77 bits per heavy atom. The maximum atomic E-state index is 12.8. The minimum Gasteiger partial charge on any atom is -0.335 e. The minimum atomic E-state index is -0.127. The molecule has 130 valence electrons. The molecular formula is C21H19N3OS. The molecule has 0 aliphatic carbocycles. The van der Waals surface area contributed by atoms with Gasteiger partial charge in [0.25, 0.3) is 5.91 Å². The lowest BCUT2D eigenvalue weighted by Gasteiger charge is -2.11. The Morgan fingerprint density at radius 1 is 1.15 bits per heavy atom. The molecule has 1 amide bonds. The van der Waals surface area contributed by atoms with E-state index in [9.17, 15) is 4.79 Å². The summed E-state index contributed by atoms with van der Waals surface area (Å²) in [6.45, 7) is 2.73. The van der Waals surface area contributed by atoms with Crippen molar-refractivity contribution in [2.24, 2.45) is 0 Å². The zero-order valence-electron chi connectivity index (χ0n) is 14.5. The number of nitrogens with one attached hydrogen (secondary N) is 1. The lowest BCUT2D eigenvalue weighted by Crippen LogP contribution is -2.18. The van der Waals surface area contributed by atoms with Crippen molar-refractivity contribution in [2.45, 2.75) is 19.9 Å². The molecule has 26 heavy (non-hydrogen) atoms. The summed E-state index contributed by atoms with van der Waals surface area (Å²) in [4.78, 5) is 17.1. The van der Waals surface area contributed by atoms with E-state index in [1.807, 2.05) is 43.3 Å². The fraction of sp³-hybridized carbons (Fsp3) is 0.143. The van der Waals surface area contributed by atoms with Crippen molar-refractivity contribution in [2.75, 3.05) is 5.32 Å². The molecule has 0 saturated heterocycles. The van der Waals surface area contributed by atoms with Gasteiger partial charge in [0.1, 0.15) is 11.5 Å². The van der Waals surface area contributed by atoms with Crippen molar-refractivity contribution >= 4 is 33.3 Å². The smallest absolute Gasteiger partial charge is 0.273 e. The summed E-state index contributed by atoms with van der Waals surface area (Å²) in [5.41, 5.74) is 4.10. The largest absolute Gasteiger partial charge is 0.335 e. The second kappa shape index (κ2) is 7.14. The minimum absolute atomic E-state index is 0.127. The van der Waals surface area contributed by atoms with Crippen LogP contribution >= 0.6 is 11.3 Å². The quantitative estimate of drug-likeness (QED) is 0.549. The van der Waals surface area contributed by atoms with Crippen molar-refractivity contribution in [3.05, 3.63) is 83.0 Å². The Labute approximate surface area is 156 Å². The number of thiophene rings is 1. The van der Waals surface area contributed by atoms with Crippen LogP contribution in [-0.2, 0) is 13.0 Å². The Morgan fingerprint density at radius 2 is 2.00 bits per heavy atom. The molecule has 3 heterocycles. The van der Waals surface area contributed by atoms with Crippen LogP contribution in [-0.4, -0.2) is 15.5 Å². The van der Waals surface area contributed by atoms with E-state index in [0.29, 0.717) is 11.5 Å². The molecule has 4 nitrogen and oxygen atoms in total. The van der Waals surface area contributed by atoms with Crippen molar-refractivity contribution in [1.29, 1.82) is 0 Å². The van der Waals surface area contributed by atoms with Crippen molar-refractivity contribution < 1.29 is 4.79 Å². The second-order valence-electron chi connectivity index (χ2n) is 6.26. The predicted octanol–water partition coefficient (Wildman–Crippen LogP) is 4.90. The fourth-order valence-electron chi connectivity index (χ4n) is 3.01. The van der Waals surface area contributed by atoms with Crippen molar-refractivity contribution in [3.8, 4) is 0 Å². The van der Waals surface area contributed by atoms with Gasteiger partial charge in [-0.25, -0.2) is 4.98 Å². The van der Waals surface area contributed by atoms with E-state index in [-0.39, 0.29) is 5.91 Å². The molecule has 0 saturated carbocycles. The molecule has 0 fully saturated rings. The van der Waals surface area contributed by atoms with Crippen LogP contribution in [0.5, 0.6) is 0 Å². The van der Waals surface area contributed by atoms with E-state index < -0.39 is 0 Å². The third-order valence-electron chi connectivity index (χ3n) is 4.38. The zero-order valence-corrected chi connectivity index (χ0v) is 15.3. The standard InChI is InChI=1S/C21H19N3OS/c1-15-7-8-20(22-14-15)23-21(25)18-13-19-17(10-12-26-19)24(18)11-9-16-5-3-2-4-6-16/h2-8,10,12-14H,9,11H2,1H3,(H,22,23,25). The highest BCUT2D eigenvalue weighted by Gasteiger charge is 2.17. The van der Waals surface area contributed by atoms with Gasteiger partial charge < -0.3 is 9.88 Å². The highest BCUT2D eigenvalue weighted by molar-refractivity contribution is 7.17. The van der Waals surface area contributed by atoms with Crippen LogP contribution in [0.3, 0.4) is 0 Å². The van der Waals surface area contributed by atoms with Crippen molar-refractivity contribution in [1.82, 2.24) is 9.55 Å². The molecule has 0 spiro atoms. The molecule has 0 aliphatic heterocycles. The van der Waals surface area contributed by atoms with Gasteiger partial charge in [0.2, 0.25) is 0 Å². The number of carbonyl (C=O) groups excluding carboxylic acids is 1. The second-order valence-corrected chi connectivity index (χ2v) is 7.21. The highest BCUT2D eigenvalue weighted by atomic mass is 32.1. The Kier molecular flexibility index (Phi) is 4.54. The lowest BCUT2D eigenvalue weighted by molar-refractivity contribution is 0.101. The van der Waals surface area contributed by atoms with Gasteiger partial charge in [-0.3, -0.25) is 4.79 Å². The normalized spacial score (nSPS) is 11.0. The summed E-state index contributed by atoms with van der Waals surface area (Å²) in [6, 6.07) is 18.1.